The molecule has 0 bridgehead atoms. The van der Waals surface area contributed by atoms with Gasteiger partial charge in [-0.3, -0.25) is 4.79 Å². The zero-order valence-corrected chi connectivity index (χ0v) is 10.1. The van der Waals surface area contributed by atoms with Crippen LogP contribution in [0.1, 0.15) is 26.7 Å². The van der Waals surface area contributed by atoms with Crippen LogP contribution in [-0.2, 0) is 14.3 Å². The van der Waals surface area contributed by atoms with Crippen LogP contribution in [0.5, 0.6) is 0 Å². The Kier molecular flexibility index (Phi) is 6.67. The minimum absolute atomic E-state index is 0.0282. The number of hydrogen-bond donors (Lipinski definition) is 2. The highest BCUT2D eigenvalue weighted by atomic mass is 19.4. The van der Waals surface area contributed by atoms with E-state index in [1.54, 1.807) is 0 Å². The third-order valence-electron chi connectivity index (χ3n) is 2.02. The molecule has 0 spiro atoms. The Balaban J connectivity index is 4.48. The summed E-state index contributed by atoms with van der Waals surface area (Å²) in [5.74, 6) is -3.38. The van der Waals surface area contributed by atoms with Crippen LogP contribution in [0.2, 0.25) is 0 Å². The largest absolute Gasteiger partial charge is 0.471 e. The summed E-state index contributed by atoms with van der Waals surface area (Å²) in [6.07, 6.45) is -5.31. The van der Waals surface area contributed by atoms with Crippen molar-refractivity contribution in [2.45, 2.75) is 45.0 Å². The normalized spacial score (nSPS) is 14.8. The molecule has 0 radical (unpaired) electrons. The minimum atomic E-state index is -5.11. The predicted molar refractivity (Wildman–Crippen MR) is 55.5 cm³/mol. The fraction of sp³-hybridized carbons (Fsp3) is 0.800. The van der Waals surface area contributed by atoms with E-state index in [2.05, 4.69) is 4.74 Å². The predicted octanol–water partition coefficient (Wildman–Crippen LogP) is 0.758. The van der Waals surface area contributed by atoms with Crippen molar-refractivity contribution in [1.29, 1.82) is 0 Å². The lowest BCUT2D eigenvalue weighted by Gasteiger charge is -2.20. The van der Waals surface area contributed by atoms with Crippen molar-refractivity contribution < 1.29 is 32.6 Å². The van der Waals surface area contributed by atoms with E-state index in [0.29, 0.717) is 6.42 Å². The highest BCUT2D eigenvalue weighted by Crippen LogP contribution is 2.15. The van der Waals surface area contributed by atoms with Crippen molar-refractivity contribution in [1.82, 2.24) is 5.32 Å². The van der Waals surface area contributed by atoms with E-state index in [1.807, 2.05) is 6.92 Å². The zero-order valence-electron chi connectivity index (χ0n) is 10.1. The topological polar surface area (TPSA) is 75.6 Å². The van der Waals surface area contributed by atoms with Gasteiger partial charge in [-0.1, -0.05) is 13.3 Å². The number of halogens is 3. The van der Waals surface area contributed by atoms with Gasteiger partial charge in [-0.15, -0.1) is 0 Å². The second-order valence-corrected chi connectivity index (χ2v) is 3.71. The van der Waals surface area contributed by atoms with Gasteiger partial charge < -0.3 is 15.2 Å². The van der Waals surface area contributed by atoms with Gasteiger partial charge in [0.15, 0.2) is 6.04 Å². The summed E-state index contributed by atoms with van der Waals surface area (Å²) in [6.45, 7) is 2.95. The van der Waals surface area contributed by atoms with E-state index >= 15 is 0 Å². The monoisotopic (exact) mass is 271 g/mol. The van der Waals surface area contributed by atoms with E-state index in [-0.39, 0.29) is 6.61 Å². The number of hydrogen-bond acceptors (Lipinski definition) is 4. The maximum atomic E-state index is 12.0. The van der Waals surface area contributed by atoms with Gasteiger partial charge in [-0.05, 0) is 13.3 Å². The number of carbonyl (C=O) groups excluding carboxylic acids is 2. The molecule has 0 saturated carbocycles. The molecular formula is C10H16F3NO4. The standard InChI is InChI=1S/C10H16F3NO4/c1-3-4-5-18-8(16)7(6(2)15)14-9(17)10(11,12)13/h6-7,15H,3-5H2,1-2H3,(H,14,17)/t6-,7+/m1/s1. The quantitative estimate of drug-likeness (QED) is 0.552. The van der Waals surface area contributed by atoms with E-state index in [4.69, 9.17) is 0 Å². The van der Waals surface area contributed by atoms with Crippen molar-refractivity contribution in [2.75, 3.05) is 6.61 Å². The summed E-state index contributed by atoms with van der Waals surface area (Å²) in [7, 11) is 0. The third kappa shape index (κ3) is 5.85. The average molecular weight is 271 g/mol. The number of alkyl halides is 3. The zero-order chi connectivity index (χ0) is 14.3. The average Bonchev–Trinajstić information content (AvgIpc) is 2.23. The smallest absolute Gasteiger partial charge is 0.464 e. The fourth-order valence-corrected chi connectivity index (χ4v) is 1.01. The van der Waals surface area contributed by atoms with Crippen molar-refractivity contribution in [3.05, 3.63) is 0 Å². The number of aliphatic hydroxyl groups is 1. The summed E-state index contributed by atoms with van der Waals surface area (Å²) in [6, 6.07) is -1.73. The van der Waals surface area contributed by atoms with Gasteiger partial charge in [0.1, 0.15) is 0 Å². The molecule has 5 nitrogen and oxygen atoms in total. The van der Waals surface area contributed by atoms with Gasteiger partial charge in [0, 0.05) is 0 Å². The van der Waals surface area contributed by atoms with E-state index < -0.39 is 30.2 Å². The number of esters is 1. The number of rotatable bonds is 6. The van der Waals surface area contributed by atoms with Gasteiger partial charge in [0.05, 0.1) is 12.7 Å². The van der Waals surface area contributed by atoms with Crippen molar-refractivity contribution >= 4 is 11.9 Å². The van der Waals surface area contributed by atoms with Crippen molar-refractivity contribution in [2.24, 2.45) is 0 Å². The second kappa shape index (κ2) is 7.20. The number of carbonyl (C=O) groups is 2. The summed E-state index contributed by atoms with van der Waals surface area (Å²) in [4.78, 5) is 22.0. The first-order valence-corrected chi connectivity index (χ1v) is 5.42. The molecule has 0 aromatic heterocycles. The molecule has 0 saturated heterocycles. The Hall–Kier alpha value is -1.31. The molecule has 2 N–H and O–H groups in total. The molecule has 1 amide bonds. The molecule has 2 atom stereocenters. The molecule has 0 aliphatic rings. The van der Waals surface area contributed by atoms with Crippen LogP contribution in [0.4, 0.5) is 13.2 Å². The SMILES string of the molecule is CCCCOC(=O)[C@@H](NC(=O)C(F)(F)F)[C@@H](C)O. The van der Waals surface area contributed by atoms with Crippen LogP contribution in [0.3, 0.4) is 0 Å². The third-order valence-corrected chi connectivity index (χ3v) is 2.02. The molecule has 0 unspecified atom stereocenters. The molecular weight excluding hydrogens is 255 g/mol. The van der Waals surface area contributed by atoms with Gasteiger partial charge in [0.25, 0.3) is 0 Å². The molecule has 0 heterocycles. The van der Waals surface area contributed by atoms with E-state index in [0.717, 1.165) is 13.3 Å². The summed E-state index contributed by atoms with van der Waals surface area (Å²) in [5.41, 5.74) is 0. The molecule has 106 valence electrons. The molecule has 18 heavy (non-hydrogen) atoms. The molecule has 8 heteroatoms. The van der Waals surface area contributed by atoms with Gasteiger partial charge in [-0.2, -0.15) is 13.2 Å². The summed E-state index contributed by atoms with van der Waals surface area (Å²) in [5, 5.41) is 10.6. The van der Waals surface area contributed by atoms with Crippen LogP contribution >= 0.6 is 0 Å². The Morgan fingerprint density at radius 1 is 1.39 bits per heavy atom. The molecule has 0 aromatic rings. The van der Waals surface area contributed by atoms with Crippen molar-refractivity contribution in [3.63, 3.8) is 0 Å². The van der Waals surface area contributed by atoms with Crippen LogP contribution in [0, 0.1) is 0 Å². The second-order valence-electron chi connectivity index (χ2n) is 3.71. The van der Waals surface area contributed by atoms with Crippen LogP contribution in [-0.4, -0.2) is 41.9 Å². The number of ether oxygens (including phenoxy) is 1. The van der Waals surface area contributed by atoms with Gasteiger partial charge >= 0.3 is 18.1 Å². The Morgan fingerprint density at radius 2 is 1.94 bits per heavy atom. The summed E-state index contributed by atoms with van der Waals surface area (Å²) >= 11 is 0. The molecule has 0 fully saturated rings. The highest BCUT2D eigenvalue weighted by Gasteiger charge is 2.42. The van der Waals surface area contributed by atoms with Crippen LogP contribution in [0.15, 0.2) is 0 Å². The number of aliphatic hydroxyl groups excluding tert-OH is 1. The molecule has 0 aliphatic carbocycles. The first-order valence-electron chi connectivity index (χ1n) is 5.42. The Morgan fingerprint density at radius 3 is 2.33 bits per heavy atom. The van der Waals surface area contributed by atoms with Crippen LogP contribution < -0.4 is 5.32 Å². The maximum Gasteiger partial charge on any atom is 0.471 e. The Bertz CT molecular complexity index is 291. The van der Waals surface area contributed by atoms with Gasteiger partial charge in [-0.25, -0.2) is 4.79 Å². The maximum absolute atomic E-state index is 12.0. The molecule has 0 aliphatic heterocycles. The molecule has 0 rings (SSSR count). The van der Waals surface area contributed by atoms with Crippen LogP contribution in [0.25, 0.3) is 0 Å². The Labute approximate surface area is 102 Å². The highest BCUT2D eigenvalue weighted by molar-refractivity contribution is 5.87. The number of nitrogens with one attached hydrogen (secondary N) is 1. The minimum Gasteiger partial charge on any atom is -0.464 e. The summed E-state index contributed by atoms with van der Waals surface area (Å²) < 4.78 is 40.6. The fourth-order valence-electron chi connectivity index (χ4n) is 1.01. The first-order chi connectivity index (χ1) is 8.20. The first kappa shape index (κ1) is 16.7. The van der Waals surface area contributed by atoms with E-state index in [1.165, 1.54) is 5.32 Å². The van der Waals surface area contributed by atoms with E-state index in [9.17, 15) is 27.9 Å². The number of amides is 1. The lowest BCUT2D eigenvalue weighted by molar-refractivity contribution is -0.177. The van der Waals surface area contributed by atoms with Crippen molar-refractivity contribution in [3.8, 4) is 0 Å². The lowest BCUT2D eigenvalue weighted by atomic mass is 10.2. The lowest BCUT2D eigenvalue weighted by Crippen LogP contribution is -2.52. The molecule has 0 aromatic carbocycles. The number of unbranched alkanes of at least 4 members (excludes halogenated alkanes) is 1. The van der Waals surface area contributed by atoms with Gasteiger partial charge in [0.2, 0.25) is 0 Å².